The third-order valence-electron chi connectivity index (χ3n) is 1.79. The molecule has 0 radical (unpaired) electrons. The number of halogens is 3. The van der Waals surface area contributed by atoms with Crippen LogP contribution in [0.15, 0.2) is 32.7 Å². The van der Waals surface area contributed by atoms with Crippen LogP contribution in [-0.2, 0) is 0 Å². The maximum absolute atomic E-state index is 12.1. The predicted molar refractivity (Wildman–Crippen MR) is 57.7 cm³/mol. The van der Waals surface area contributed by atoms with Gasteiger partial charge < -0.3 is 4.42 Å². The number of fused-ring (bicyclic) bond motifs is 1. The number of rotatable bonds is 2. The fourth-order valence-electron chi connectivity index (χ4n) is 1.21. The number of para-hydroxylation sites is 1. The first-order chi connectivity index (χ1) is 7.49. The van der Waals surface area contributed by atoms with Crippen LogP contribution in [0.4, 0.5) is 13.2 Å². The standard InChI is InChI=1S/C9H6F3NOS2/c1-15-6-4-2-3-5-7(6)13-8(14-5)16-9(10,11)12/h2-4H,1H3. The van der Waals surface area contributed by atoms with Crippen LogP contribution in [0.2, 0.25) is 0 Å². The third-order valence-corrected chi connectivity index (χ3v) is 3.14. The number of benzene rings is 1. The number of hydrogen-bond donors (Lipinski definition) is 0. The van der Waals surface area contributed by atoms with Crippen molar-refractivity contribution in [3.8, 4) is 0 Å². The molecule has 0 unspecified atom stereocenters. The second-order valence-corrected chi connectivity index (χ2v) is 4.70. The number of oxazole rings is 1. The van der Waals surface area contributed by atoms with Gasteiger partial charge in [-0.1, -0.05) is 6.07 Å². The maximum Gasteiger partial charge on any atom is 0.450 e. The van der Waals surface area contributed by atoms with Crippen LogP contribution in [0.1, 0.15) is 0 Å². The average molecular weight is 265 g/mol. The molecule has 2 aromatic rings. The summed E-state index contributed by atoms with van der Waals surface area (Å²) in [6, 6.07) is 5.11. The van der Waals surface area contributed by atoms with Crippen molar-refractivity contribution < 1.29 is 17.6 Å². The summed E-state index contributed by atoms with van der Waals surface area (Å²) in [4.78, 5) is 4.63. The SMILES string of the molecule is CSc1cccc2oc(SC(F)(F)F)nc12. The van der Waals surface area contributed by atoms with Gasteiger partial charge in [-0.25, -0.2) is 4.98 Å². The van der Waals surface area contributed by atoms with E-state index in [4.69, 9.17) is 4.42 Å². The van der Waals surface area contributed by atoms with Gasteiger partial charge in [0, 0.05) is 16.7 Å². The van der Waals surface area contributed by atoms with Crippen molar-refractivity contribution in [2.75, 3.05) is 6.26 Å². The highest BCUT2D eigenvalue weighted by Gasteiger charge is 2.32. The highest BCUT2D eigenvalue weighted by Crippen LogP contribution is 2.38. The fraction of sp³-hybridized carbons (Fsp3) is 0.222. The van der Waals surface area contributed by atoms with Crippen molar-refractivity contribution in [1.82, 2.24) is 4.98 Å². The van der Waals surface area contributed by atoms with Gasteiger partial charge in [-0.05, 0) is 18.4 Å². The molecule has 0 aliphatic carbocycles. The minimum atomic E-state index is -4.37. The minimum Gasteiger partial charge on any atom is -0.431 e. The molecule has 0 aliphatic heterocycles. The maximum atomic E-state index is 12.1. The largest absolute Gasteiger partial charge is 0.450 e. The zero-order valence-electron chi connectivity index (χ0n) is 8.04. The van der Waals surface area contributed by atoms with E-state index in [0.29, 0.717) is 11.1 Å². The number of aromatic nitrogens is 1. The number of alkyl halides is 3. The molecule has 1 aromatic heterocycles. The summed E-state index contributed by atoms with van der Waals surface area (Å²) < 4.78 is 41.3. The van der Waals surface area contributed by atoms with E-state index in [1.807, 2.05) is 6.26 Å². The number of nitrogens with zero attached hydrogens (tertiary/aromatic N) is 1. The molecule has 0 spiro atoms. The lowest BCUT2D eigenvalue weighted by atomic mass is 10.3. The molecule has 0 saturated heterocycles. The molecule has 7 heteroatoms. The molecule has 16 heavy (non-hydrogen) atoms. The Morgan fingerprint density at radius 2 is 2.06 bits per heavy atom. The summed E-state index contributed by atoms with van der Waals surface area (Å²) >= 11 is 1.08. The molecule has 0 amide bonds. The smallest absolute Gasteiger partial charge is 0.431 e. The predicted octanol–water partition coefficient (Wildman–Crippen LogP) is 4.16. The van der Waals surface area contributed by atoms with Gasteiger partial charge in [-0.2, -0.15) is 13.2 Å². The van der Waals surface area contributed by atoms with Crippen LogP contribution >= 0.6 is 23.5 Å². The highest BCUT2D eigenvalue weighted by molar-refractivity contribution is 8.00. The first-order valence-electron chi connectivity index (χ1n) is 4.19. The van der Waals surface area contributed by atoms with Crippen LogP contribution in [0.25, 0.3) is 11.1 Å². The van der Waals surface area contributed by atoms with E-state index in [1.54, 1.807) is 18.2 Å². The summed E-state index contributed by atoms with van der Waals surface area (Å²) in [6.45, 7) is 0. The summed E-state index contributed by atoms with van der Waals surface area (Å²) in [6.07, 6.45) is 1.83. The Balaban J connectivity index is 2.44. The van der Waals surface area contributed by atoms with Crippen molar-refractivity contribution in [2.24, 2.45) is 0 Å². The van der Waals surface area contributed by atoms with Gasteiger partial charge in [0.05, 0.1) is 0 Å². The number of hydrogen-bond acceptors (Lipinski definition) is 4. The first kappa shape index (κ1) is 11.7. The Morgan fingerprint density at radius 3 is 2.69 bits per heavy atom. The lowest BCUT2D eigenvalue weighted by molar-refractivity contribution is -0.0336. The van der Waals surface area contributed by atoms with Gasteiger partial charge in [0.1, 0.15) is 5.52 Å². The lowest BCUT2D eigenvalue weighted by Gasteiger charge is -1.99. The molecule has 0 aliphatic rings. The molecule has 86 valence electrons. The molecule has 2 rings (SSSR count). The second kappa shape index (κ2) is 4.21. The van der Waals surface area contributed by atoms with E-state index in [9.17, 15) is 13.2 Å². The minimum absolute atomic E-state index is 0.341. The van der Waals surface area contributed by atoms with Crippen molar-refractivity contribution in [3.63, 3.8) is 0 Å². The normalized spacial score (nSPS) is 12.2. The monoisotopic (exact) mass is 265 g/mol. The lowest BCUT2D eigenvalue weighted by Crippen LogP contribution is -1.98. The van der Waals surface area contributed by atoms with Gasteiger partial charge in [0.25, 0.3) is 5.22 Å². The van der Waals surface area contributed by atoms with E-state index < -0.39 is 5.51 Å². The van der Waals surface area contributed by atoms with Crippen molar-refractivity contribution >= 4 is 34.6 Å². The van der Waals surface area contributed by atoms with Crippen LogP contribution in [0.3, 0.4) is 0 Å². The van der Waals surface area contributed by atoms with E-state index in [1.165, 1.54) is 11.8 Å². The average Bonchev–Trinajstić information content (AvgIpc) is 2.56. The van der Waals surface area contributed by atoms with Gasteiger partial charge in [0.15, 0.2) is 5.58 Å². The zero-order valence-corrected chi connectivity index (χ0v) is 9.67. The second-order valence-electron chi connectivity index (χ2n) is 2.83. The van der Waals surface area contributed by atoms with Crippen LogP contribution in [0, 0.1) is 0 Å². The molecule has 0 fully saturated rings. The van der Waals surface area contributed by atoms with Gasteiger partial charge in [-0.15, -0.1) is 11.8 Å². The Bertz CT molecular complexity index is 509. The first-order valence-corrected chi connectivity index (χ1v) is 6.23. The fourth-order valence-corrected chi connectivity index (χ4v) is 2.23. The van der Waals surface area contributed by atoms with Gasteiger partial charge >= 0.3 is 5.51 Å². The van der Waals surface area contributed by atoms with Crippen molar-refractivity contribution in [1.29, 1.82) is 0 Å². The number of thioether (sulfide) groups is 2. The zero-order chi connectivity index (χ0) is 11.8. The quantitative estimate of drug-likeness (QED) is 0.761. The highest BCUT2D eigenvalue weighted by atomic mass is 32.2. The van der Waals surface area contributed by atoms with Crippen LogP contribution in [-0.4, -0.2) is 16.7 Å². The molecule has 0 atom stereocenters. The topological polar surface area (TPSA) is 26.0 Å². The molecule has 1 heterocycles. The summed E-state index contributed by atoms with van der Waals surface area (Å²) in [5.41, 5.74) is -3.53. The summed E-state index contributed by atoms with van der Waals surface area (Å²) in [5, 5.41) is -0.371. The Hall–Kier alpha value is -0.820. The van der Waals surface area contributed by atoms with E-state index >= 15 is 0 Å². The Morgan fingerprint density at radius 1 is 1.31 bits per heavy atom. The van der Waals surface area contributed by atoms with E-state index in [2.05, 4.69) is 4.98 Å². The van der Waals surface area contributed by atoms with E-state index in [-0.39, 0.29) is 17.0 Å². The van der Waals surface area contributed by atoms with Crippen molar-refractivity contribution in [3.05, 3.63) is 18.2 Å². The molecule has 2 nitrogen and oxygen atoms in total. The van der Waals surface area contributed by atoms with Crippen LogP contribution in [0.5, 0.6) is 0 Å². The van der Waals surface area contributed by atoms with Crippen LogP contribution < -0.4 is 0 Å². The molecular formula is C9H6F3NOS2. The Kier molecular flexibility index (Phi) is 3.07. The molecule has 0 saturated carbocycles. The van der Waals surface area contributed by atoms with Crippen molar-refractivity contribution in [2.45, 2.75) is 15.6 Å². The van der Waals surface area contributed by atoms with Gasteiger partial charge in [-0.3, -0.25) is 0 Å². The summed E-state index contributed by atoms with van der Waals surface area (Å²) in [5.74, 6) is 0. The Labute approximate surface area is 97.6 Å². The molecular weight excluding hydrogens is 259 g/mol. The molecule has 0 N–H and O–H groups in total. The summed E-state index contributed by atoms with van der Waals surface area (Å²) in [7, 11) is 0. The third kappa shape index (κ3) is 2.46. The molecule has 0 bridgehead atoms. The van der Waals surface area contributed by atoms with E-state index in [0.717, 1.165) is 4.90 Å². The van der Waals surface area contributed by atoms with Gasteiger partial charge in [0.2, 0.25) is 0 Å². The molecule has 1 aromatic carbocycles.